The number of hydrogen-bond donors (Lipinski definition) is 0. The number of hydrogen-bond acceptors (Lipinski definition) is 6. The van der Waals surface area contributed by atoms with Gasteiger partial charge in [-0.25, -0.2) is 13.6 Å². The predicted octanol–water partition coefficient (Wildman–Crippen LogP) is 5.22. The van der Waals surface area contributed by atoms with Gasteiger partial charge in [-0.3, -0.25) is 4.79 Å². The molecule has 33 heavy (non-hydrogen) atoms. The van der Waals surface area contributed by atoms with Crippen LogP contribution >= 0.6 is 0 Å². The molecule has 0 spiro atoms. The van der Waals surface area contributed by atoms with E-state index < -0.39 is 42.4 Å². The fraction of sp³-hybridized carbons (Fsp3) is 0.320. The fourth-order valence-corrected chi connectivity index (χ4v) is 3.59. The first-order valence-electron chi connectivity index (χ1n) is 10.3. The van der Waals surface area contributed by atoms with E-state index in [4.69, 9.17) is 9.47 Å². The van der Waals surface area contributed by atoms with Crippen molar-refractivity contribution >= 4 is 11.9 Å². The predicted molar refractivity (Wildman–Crippen MR) is 114 cm³/mol. The van der Waals surface area contributed by atoms with Gasteiger partial charge in [0.2, 0.25) is 6.10 Å². The minimum atomic E-state index is -2.75. The van der Waals surface area contributed by atoms with E-state index in [1.807, 2.05) is 38.1 Å². The molecule has 0 aliphatic heterocycles. The van der Waals surface area contributed by atoms with Gasteiger partial charge in [0.15, 0.2) is 6.61 Å². The van der Waals surface area contributed by atoms with Crippen LogP contribution in [0.15, 0.2) is 66.7 Å². The van der Waals surface area contributed by atoms with Gasteiger partial charge in [0.25, 0.3) is 6.43 Å². The number of halogens is 2. The third-order valence-corrected chi connectivity index (χ3v) is 5.45. The Morgan fingerprint density at radius 2 is 1.82 bits per heavy atom. The van der Waals surface area contributed by atoms with Crippen molar-refractivity contribution in [2.45, 2.75) is 26.4 Å². The standard InChI is InChI=1S/C25H23F2NO5/c1-25(2)19(11-12-22(29)31-15-21(26)27)23(25)24(30)33-20(14-28)16-7-6-10-18(13-16)32-17-8-4-3-5-9-17/h3-13,19-21,23H,15H2,1-2H3/t19-,20+,23-/m0/s1. The van der Waals surface area contributed by atoms with Crippen molar-refractivity contribution in [2.75, 3.05) is 6.61 Å². The second-order valence-corrected chi connectivity index (χ2v) is 8.14. The maximum atomic E-state index is 12.8. The van der Waals surface area contributed by atoms with Crippen molar-refractivity contribution in [1.82, 2.24) is 0 Å². The minimum Gasteiger partial charge on any atom is -0.457 e. The van der Waals surface area contributed by atoms with E-state index in [0.29, 0.717) is 17.1 Å². The molecular formula is C25H23F2NO5. The molecule has 0 radical (unpaired) electrons. The summed E-state index contributed by atoms with van der Waals surface area (Å²) in [6.07, 6.45) is -1.40. The number of benzene rings is 2. The topological polar surface area (TPSA) is 85.6 Å². The van der Waals surface area contributed by atoms with E-state index in [1.54, 1.807) is 36.4 Å². The molecule has 0 aromatic heterocycles. The van der Waals surface area contributed by atoms with Crippen LogP contribution in [0.1, 0.15) is 25.5 Å². The number of nitriles is 1. The summed E-state index contributed by atoms with van der Waals surface area (Å²) in [5, 5.41) is 9.58. The molecule has 1 aliphatic rings. The fourth-order valence-electron chi connectivity index (χ4n) is 3.59. The molecule has 0 unspecified atom stereocenters. The summed E-state index contributed by atoms with van der Waals surface area (Å²) in [5.41, 5.74) is -0.0603. The van der Waals surface area contributed by atoms with Gasteiger partial charge >= 0.3 is 11.9 Å². The van der Waals surface area contributed by atoms with Gasteiger partial charge in [0.1, 0.15) is 17.6 Å². The molecule has 0 bridgehead atoms. The van der Waals surface area contributed by atoms with Crippen LogP contribution in [0.2, 0.25) is 0 Å². The molecule has 2 aromatic carbocycles. The number of ether oxygens (including phenoxy) is 3. The highest BCUT2D eigenvalue weighted by atomic mass is 19.3. The van der Waals surface area contributed by atoms with Gasteiger partial charge in [-0.15, -0.1) is 0 Å². The SMILES string of the molecule is CC1(C)[C@H](C(=O)O[C@H](C#N)c2cccc(Oc3ccccc3)c2)[C@@H]1C=CC(=O)OCC(F)F. The lowest BCUT2D eigenvalue weighted by Gasteiger charge is -2.13. The number of nitrogens with zero attached hydrogens (tertiary/aromatic N) is 1. The molecule has 1 saturated carbocycles. The van der Waals surface area contributed by atoms with E-state index >= 15 is 0 Å². The second kappa shape index (κ2) is 10.3. The Balaban J connectivity index is 1.63. The van der Waals surface area contributed by atoms with Crippen molar-refractivity contribution in [2.24, 2.45) is 17.3 Å². The molecule has 0 N–H and O–H groups in total. The lowest BCUT2D eigenvalue weighted by molar-refractivity contribution is -0.149. The third kappa shape index (κ3) is 6.16. The number of alkyl halides is 2. The smallest absolute Gasteiger partial charge is 0.330 e. The average Bonchev–Trinajstić information content (AvgIpc) is 3.35. The van der Waals surface area contributed by atoms with E-state index in [1.165, 1.54) is 6.08 Å². The average molecular weight is 455 g/mol. The Morgan fingerprint density at radius 1 is 1.12 bits per heavy atom. The summed E-state index contributed by atoms with van der Waals surface area (Å²) in [5.74, 6) is -1.31. The molecule has 172 valence electrons. The Morgan fingerprint density at radius 3 is 2.48 bits per heavy atom. The summed E-state index contributed by atoms with van der Waals surface area (Å²) >= 11 is 0. The third-order valence-electron chi connectivity index (χ3n) is 5.45. The van der Waals surface area contributed by atoms with Crippen LogP contribution in [0, 0.1) is 28.6 Å². The van der Waals surface area contributed by atoms with Crippen LogP contribution < -0.4 is 4.74 Å². The Bertz CT molecular complexity index is 1060. The molecule has 3 rings (SSSR count). The molecule has 8 heteroatoms. The molecule has 0 amide bonds. The van der Waals surface area contributed by atoms with Crippen LogP contribution in [0.5, 0.6) is 11.5 Å². The van der Waals surface area contributed by atoms with Gasteiger partial charge in [0.05, 0.1) is 5.92 Å². The number of allylic oxidation sites excluding steroid dienone is 1. The minimum absolute atomic E-state index is 0.351. The van der Waals surface area contributed by atoms with Crippen LogP contribution in [0.25, 0.3) is 0 Å². The lowest BCUT2D eigenvalue weighted by Crippen LogP contribution is -2.14. The number of para-hydroxylation sites is 1. The maximum absolute atomic E-state index is 12.8. The zero-order valence-electron chi connectivity index (χ0n) is 18.1. The van der Waals surface area contributed by atoms with Crippen LogP contribution in [0.4, 0.5) is 8.78 Å². The van der Waals surface area contributed by atoms with Gasteiger partial charge in [-0.1, -0.05) is 50.3 Å². The van der Waals surface area contributed by atoms with Crippen molar-refractivity contribution in [1.29, 1.82) is 5.26 Å². The molecule has 0 saturated heterocycles. The van der Waals surface area contributed by atoms with Gasteiger partial charge in [0, 0.05) is 11.6 Å². The first-order chi connectivity index (χ1) is 15.7. The Kier molecular flexibility index (Phi) is 7.44. The zero-order valence-corrected chi connectivity index (χ0v) is 18.1. The number of esters is 2. The second-order valence-electron chi connectivity index (χ2n) is 8.14. The maximum Gasteiger partial charge on any atom is 0.330 e. The quantitative estimate of drug-likeness (QED) is 0.381. The zero-order chi connectivity index (χ0) is 24.0. The van der Waals surface area contributed by atoms with E-state index in [2.05, 4.69) is 4.74 Å². The van der Waals surface area contributed by atoms with Gasteiger partial charge in [-0.2, -0.15) is 5.26 Å². The highest BCUT2D eigenvalue weighted by Crippen LogP contribution is 2.59. The van der Waals surface area contributed by atoms with E-state index in [9.17, 15) is 23.6 Å². The summed E-state index contributed by atoms with van der Waals surface area (Å²) < 4.78 is 39.9. The summed E-state index contributed by atoms with van der Waals surface area (Å²) in [6, 6.07) is 17.8. The van der Waals surface area contributed by atoms with E-state index in [0.717, 1.165) is 6.08 Å². The highest BCUT2D eigenvalue weighted by molar-refractivity contribution is 5.83. The molecule has 3 atom stereocenters. The monoisotopic (exact) mass is 455 g/mol. The molecule has 1 aliphatic carbocycles. The summed E-state index contributed by atoms with van der Waals surface area (Å²) in [7, 11) is 0. The molecule has 1 fully saturated rings. The molecule has 2 aromatic rings. The molecular weight excluding hydrogens is 432 g/mol. The number of rotatable bonds is 9. The number of carbonyl (C=O) groups excluding carboxylic acids is 2. The lowest BCUT2D eigenvalue weighted by atomic mass is 10.1. The Labute approximate surface area is 190 Å². The number of carbonyl (C=O) groups is 2. The van der Waals surface area contributed by atoms with Crippen LogP contribution in [-0.4, -0.2) is 25.0 Å². The van der Waals surface area contributed by atoms with Crippen molar-refractivity contribution in [3.05, 3.63) is 72.3 Å². The first kappa shape index (κ1) is 23.9. The van der Waals surface area contributed by atoms with Gasteiger partial charge < -0.3 is 14.2 Å². The van der Waals surface area contributed by atoms with Crippen molar-refractivity contribution in [3.8, 4) is 17.6 Å². The van der Waals surface area contributed by atoms with Crippen LogP contribution in [0.3, 0.4) is 0 Å². The molecule has 0 heterocycles. The Hall–Kier alpha value is -3.73. The summed E-state index contributed by atoms with van der Waals surface area (Å²) in [4.78, 5) is 24.3. The van der Waals surface area contributed by atoms with E-state index in [-0.39, 0.29) is 5.92 Å². The van der Waals surface area contributed by atoms with Crippen LogP contribution in [-0.2, 0) is 19.1 Å². The largest absolute Gasteiger partial charge is 0.457 e. The van der Waals surface area contributed by atoms with Gasteiger partial charge in [-0.05, 0) is 35.6 Å². The normalized spacial score (nSPS) is 19.5. The highest BCUT2D eigenvalue weighted by Gasteiger charge is 2.61. The van der Waals surface area contributed by atoms with Crippen molar-refractivity contribution < 1.29 is 32.6 Å². The summed E-state index contributed by atoms with van der Waals surface area (Å²) in [6.45, 7) is 2.64. The van der Waals surface area contributed by atoms with Crippen molar-refractivity contribution in [3.63, 3.8) is 0 Å². The molecule has 6 nitrogen and oxygen atoms in total. The first-order valence-corrected chi connectivity index (χ1v) is 10.3.